The molecule has 2 rings (SSSR count). The van der Waals surface area contributed by atoms with Gasteiger partial charge in [-0.2, -0.15) is 0 Å². The average Bonchev–Trinajstić information content (AvgIpc) is 2.64. The van der Waals surface area contributed by atoms with Gasteiger partial charge in [-0.3, -0.25) is 4.90 Å². The first-order valence-electron chi connectivity index (χ1n) is 10.6. The monoisotopic (exact) mass is 410 g/mol. The van der Waals surface area contributed by atoms with Crippen LogP contribution in [0.4, 0.5) is 0 Å². The van der Waals surface area contributed by atoms with Crippen LogP contribution in [0.1, 0.15) is 82.4 Å². The summed E-state index contributed by atoms with van der Waals surface area (Å²) in [5.74, 6) is 0.667. The van der Waals surface area contributed by atoms with E-state index in [1.165, 1.54) is 5.56 Å². The molecule has 28 heavy (non-hydrogen) atoms. The Balaban J connectivity index is 2.22. The van der Waals surface area contributed by atoms with E-state index in [4.69, 9.17) is 4.74 Å². The standard InChI is InChI=1S/C22H38N2O3S/c1-16(2)19-14-20(17(3)4)22(21(15-19)18(5)6)28(25,26)23-8-7-9-24-10-12-27-13-11-24/h14-18,23H,7-13H2,1-6H3. The van der Waals surface area contributed by atoms with Gasteiger partial charge in [-0.25, -0.2) is 13.1 Å². The first kappa shape index (κ1) is 23.3. The summed E-state index contributed by atoms with van der Waals surface area (Å²) < 4.78 is 34.8. The smallest absolute Gasteiger partial charge is 0.241 e. The first-order chi connectivity index (χ1) is 13.1. The minimum absolute atomic E-state index is 0.149. The lowest BCUT2D eigenvalue weighted by atomic mass is 9.89. The largest absolute Gasteiger partial charge is 0.379 e. The lowest BCUT2D eigenvalue weighted by molar-refractivity contribution is 0.0376. The van der Waals surface area contributed by atoms with Crippen molar-refractivity contribution in [3.8, 4) is 0 Å². The van der Waals surface area contributed by atoms with Gasteiger partial charge in [0.25, 0.3) is 0 Å². The summed E-state index contributed by atoms with van der Waals surface area (Å²) in [7, 11) is -3.55. The van der Waals surface area contributed by atoms with E-state index < -0.39 is 10.0 Å². The van der Waals surface area contributed by atoms with Gasteiger partial charge in [0.1, 0.15) is 0 Å². The molecule has 0 radical (unpaired) electrons. The molecule has 0 aromatic heterocycles. The van der Waals surface area contributed by atoms with Gasteiger partial charge in [-0.1, -0.05) is 53.7 Å². The van der Waals surface area contributed by atoms with Gasteiger partial charge >= 0.3 is 0 Å². The van der Waals surface area contributed by atoms with E-state index in [0.29, 0.717) is 17.4 Å². The van der Waals surface area contributed by atoms with Crippen LogP contribution in [0.25, 0.3) is 0 Å². The molecule has 1 fully saturated rings. The second-order valence-corrected chi connectivity index (χ2v) is 10.4. The molecular formula is C22H38N2O3S. The molecule has 6 heteroatoms. The molecule has 1 aliphatic heterocycles. The number of morpholine rings is 1. The van der Waals surface area contributed by atoms with Crippen molar-refractivity contribution < 1.29 is 13.2 Å². The molecule has 0 unspecified atom stereocenters. The summed E-state index contributed by atoms with van der Waals surface area (Å²) in [6, 6.07) is 4.17. The molecule has 1 aliphatic rings. The maximum absolute atomic E-state index is 13.3. The summed E-state index contributed by atoms with van der Waals surface area (Å²) in [5, 5.41) is 0. The van der Waals surface area contributed by atoms with Crippen LogP contribution in [0.15, 0.2) is 17.0 Å². The molecule has 0 atom stereocenters. The Hall–Kier alpha value is -0.950. The molecule has 1 N–H and O–H groups in total. The highest BCUT2D eigenvalue weighted by atomic mass is 32.2. The molecule has 160 valence electrons. The molecule has 0 bridgehead atoms. The van der Waals surface area contributed by atoms with Crippen LogP contribution < -0.4 is 4.72 Å². The van der Waals surface area contributed by atoms with E-state index in [0.717, 1.165) is 50.4 Å². The van der Waals surface area contributed by atoms with Gasteiger partial charge in [-0.15, -0.1) is 0 Å². The summed E-state index contributed by atoms with van der Waals surface area (Å²) in [5.41, 5.74) is 3.06. The third-order valence-corrected chi connectivity index (χ3v) is 6.99. The molecule has 1 heterocycles. The topological polar surface area (TPSA) is 58.6 Å². The highest BCUT2D eigenvalue weighted by molar-refractivity contribution is 7.89. The number of rotatable bonds is 9. The number of hydrogen-bond acceptors (Lipinski definition) is 4. The maximum Gasteiger partial charge on any atom is 0.241 e. The van der Waals surface area contributed by atoms with Crippen molar-refractivity contribution in [1.82, 2.24) is 9.62 Å². The minimum Gasteiger partial charge on any atom is -0.379 e. The van der Waals surface area contributed by atoms with Gasteiger partial charge in [0.2, 0.25) is 10.0 Å². The Labute approximate surface area is 171 Å². The molecule has 1 saturated heterocycles. The van der Waals surface area contributed by atoms with Crippen molar-refractivity contribution in [2.75, 3.05) is 39.4 Å². The fourth-order valence-electron chi connectivity index (χ4n) is 3.61. The fraction of sp³-hybridized carbons (Fsp3) is 0.727. The van der Waals surface area contributed by atoms with Gasteiger partial charge < -0.3 is 4.74 Å². The van der Waals surface area contributed by atoms with Gasteiger partial charge in [0, 0.05) is 19.6 Å². The Morgan fingerprint density at radius 1 is 0.964 bits per heavy atom. The Kier molecular flexibility index (Phi) is 8.49. The lowest BCUT2D eigenvalue weighted by Crippen LogP contribution is -2.38. The number of hydrogen-bond donors (Lipinski definition) is 1. The van der Waals surface area contributed by atoms with Crippen molar-refractivity contribution in [2.24, 2.45) is 0 Å². The predicted molar refractivity (Wildman–Crippen MR) is 116 cm³/mol. The van der Waals surface area contributed by atoms with E-state index in [9.17, 15) is 8.42 Å². The van der Waals surface area contributed by atoms with Crippen LogP contribution in [0, 0.1) is 0 Å². The van der Waals surface area contributed by atoms with Crippen LogP contribution >= 0.6 is 0 Å². The van der Waals surface area contributed by atoms with Crippen molar-refractivity contribution in [1.29, 1.82) is 0 Å². The third-order valence-electron chi connectivity index (χ3n) is 5.40. The maximum atomic E-state index is 13.3. The minimum atomic E-state index is -3.55. The molecule has 0 spiro atoms. The van der Waals surface area contributed by atoms with Crippen molar-refractivity contribution in [3.63, 3.8) is 0 Å². The highest BCUT2D eigenvalue weighted by Gasteiger charge is 2.26. The van der Waals surface area contributed by atoms with Gasteiger partial charge in [0.05, 0.1) is 18.1 Å². The van der Waals surface area contributed by atoms with Crippen LogP contribution in [-0.2, 0) is 14.8 Å². The van der Waals surface area contributed by atoms with E-state index in [1.54, 1.807) is 0 Å². The quantitative estimate of drug-likeness (QED) is 0.624. The molecule has 5 nitrogen and oxygen atoms in total. The molecule has 0 aliphatic carbocycles. The number of sulfonamides is 1. The molecule has 0 saturated carbocycles. The molecular weight excluding hydrogens is 372 g/mol. The molecule has 0 amide bonds. The normalized spacial score (nSPS) is 16.5. The van der Waals surface area contributed by atoms with E-state index in [-0.39, 0.29) is 11.8 Å². The SMILES string of the molecule is CC(C)c1cc(C(C)C)c(S(=O)(=O)NCCCN2CCOCC2)c(C(C)C)c1. The zero-order valence-electron chi connectivity index (χ0n) is 18.4. The van der Waals surface area contributed by atoms with Gasteiger partial charge in [0.15, 0.2) is 0 Å². The second kappa shape index (κ2) is 10.2. The average molecular weight is 411 g/mol. The number of benzene rings is 1. The number of nitrogens with zero attached hydrogens (tertiary/aromatic N) is 1. The first-order valence-corrected chi connectivity index (χ1v) is 12.1. The van der Waals surface area contributed by atoms with Crippen LogP contribution in [0.2, 0.25) is 0 Å². The highest BCUT2D eigenvalue weighted by Crippen LogP contribution is 2.34. The van der Waals surface area contributed by atoms with E-state index in [1.807, 2.05) is 0 Å². The predicted octanol–water partition coefficient (Wildman–Crippen LogP) is 4.06. The third kappa shape index (κ3) is 6.02. The summed E-state index contributed by atoms with van der Waals surface area (Å²) in [6.07, 6.45) is 0.803. The summed E-state index contributed by atoms with van der Waals surface area (Å²) in [4.78, 5) is 2.82. The van der Waals surface area contributed by atoms with Crippen LogP contribution in [-0.4, -0.2) is 52.7 Å². The zero-order chi connectivity index (χ0) is 20.9. The molecule has 1 aromatic rings. The molecule has 1 aromatic carbocycles. The lowest BCUT2D eigenvalue weighted by Gasteiger charge is -2.26. The Morgan fingerprint density at radius 3 is 1.96 bits per heavy atom. The van der Waals surface area contributed by atoms with Crippen LogP contribution in [0.5, 0.6) is 0 Å². The summed E-state index contributed by atoms with van der Waals surface area (Å²) >= 11 is 0. The van der Waals surface area contributed by atoms with E-state index >= 15 is 0 Å². The van der Waals surface area contributed by atoms with Crippen molar-refractivity contribution in [2.45, 2.75) is 70.6 Å². The Morgan fingerprint density at radius 2 is 1.50 bits per heavy atom. The number of nitrogens with one attached hydrogen (secondary N) is 1. The van der Waals surface area contributed by atoms with E-state index in [2.05, 4.69) is 63.3 Å². The van der Waals surface area contributed by atoms with Crippen LogP contribution in [0.3, 0.4) is 0 Å². The van der Waals surface area contributed by atoms with Gasteiger partial charge in [-0.05, 0) is 47.4 Å². The fourth-order valence-corrected chi connectivity index (χ4v) is 5.37. The summed E-state index contributed by atoms with van der Waals surface area (Å²) in [6.45, 7) is 17.3. The Bertz CT molecular complexity index is 707. The zero-order valence-corrected chi connectivity index (χ0v) is 19.2. The van der Waals surface area contributed by atoms with Crippen molar-refractivity contribution in [3.05, 3.63) is 28.8 Å². The van der Waals surface area contributed by atoms with Crippen molar-refractivity contribution >= 4 is 10.0 Å². The number of ether oxygens (including phenoxy) is 1. The second-order valence-electron chi connectivity index (χ2n) is 8.70.